The highest BCUT2D eigenvalue weighted by atomic mass is 14.9. The van der Waals surface area contributed by atoms with Crippen molar-refractivity contribution in [3.8, 4) is 0 Å². The Morgan fingerprint density at radius 1 is 1.21 bits per heavy atom. The lowest BCUT2D eigenvalue weighted by Gasteiger charge is -2.10. The minimum atomic E-state index is 0.402. The van der Waals surface area contributed by atoms with Crippen LogP contribution in [0, 0.1) is 0 Å². The molecular formula is C17H20N2. The van der Waals surface area contributed by atoms with Crippen LogP contribution in [-0.4, -0.2) is 4.98 Å². The molecule has 0 saturated heterocycles. The fourth-order valence-corrected chi connectivity index (χ4v) is 2.75. The van der Waals surface area contributed by atoms with Gasteiger partial charge in [0.1, 0.15) is 0 Å². The molecule has 0 spiro atoms. The van der Waals surface area contributed by atoms with Crippen molar-refractivity contribution in [3.63, 3.8) is 0 Å². The Morgan fingerprint density at radius 2 is 2.05 bits per heavy atom. The number of nitrogens with zero attached hydrogens (tertiary/aromatic N) is 1. The lowest BCUT2D eigenvalue weighted by atomic mass is 10.0. The summed E-state index contributed by atoms with van der Waals surface area (Å²) in [6, 6.07) is 11.5. The minimum absolute atomic E-state index is 0.402. The van der Waals surface area contributed by atoms with Crippen molar-refractivity contribution in [2.24, 2.45) is 0 Å². The largest absolute Gasteiger partial charge is 0.378 e. The molecule has 98 valence electrons. The van der Waals surface area contributed by atoms with E-state index < -0.39 is 0 Å². The lowest BCUT2D eigenvalue weighted by Crippen LogP contribution is -2.05. The average Bonchev–Trinajstić information content (AvgIpc) is 2.89. The number of nitrogens with one attached hydrogen (secondary N) is 1. The Kier molecular flexibility index (Phi) is 3.49. The van der Waals surface area contributed by atoms with Gasteiger partial charge in [0.25, 0.3) is 0 Å². The van der Waals surface area contributed by atoms with Gasteiger partial charge in [-0.1, -0.05) is 25.5 Å². The average molecular weight is 252 g/mol. The third kappa shape index (κ3) is 2.62. The first-order valence-corrected chi connectivity index (χ1v) is 7.15. The predicted molar refractivity (Wildman–Crippen MR) is 79.4 cm³/mol. The fourth-order valence-electron chi connectivity index (χ4n) is 2.75. The topological polar surface area (TPSA) is 24.9 Å². The molecule has 1 atom stereocenters. The van der Waals surface area contributed by atoms with Crippen molar-refractivity contribution in [2.45, 2.75) is 38.6 Å². The van der Waals surface area contributed by atoms with Crippen LogP contribution in [0.15, 0.2) is 42.7 Å². The van der Waals surface area contributed by atoms with Crippen LogP contribution < -0.4 is 5.32 Å². The number of hydrogen-bond donors (Lipinski definition) is 1. The smallest absolute Gasteiger partial charge is 0.0556 e. The molecule has 2 heterocycles. The van der Waals surface area contributed by atoms with Crippen molar-refractivity contribution in [1.82, 2.24) is 4.98 Å². The fraction of sp³-hybridized carbons (Fsp3) is 0.353. The Hall–Kier alpha value is -1.83. The van der Waals surface area contributed by atoms with Gasteiger partial charge in [-0.25, -0.2) is 0 Å². The number of fused-ring (bicyclic) bond motifs is 1. The summed E-state index contributed by atoms with van der Waals surface area (Å²) in [5.74, 6) is 0. The number of pyridine rings is 1. The van der Waals surface area contributed by atoms with Crippen LogP contribution in [0.3, 0.4) is 0 Å². The van der Waals surface area contributed by atoms with E-state index in [9.17, 15) is 0 Å². The quantitative estimate of drug-likeness (QED) is 0.884. The second kappa shape index (κ2) is 5.43. The molecule has 0 aliphatic carbocycles. The van der Waals surface area contributed by atoms with Gasteiger partial charge in [-0.05, 0) is 54.2 Å². The molecule has 19 heavy (non-hydrogen) atoms. The molecule has 1 aromatic heterocycles. The Balaban J connectivity index is 1.77. The van der Waals surface area contributed by atoms with E-state index in [4.69, 9.17) is 0 Å². The molecule has 1 aromatic carbocycles. The lowest BCUT2D eigenvalue weighted by molar-refractivity contribution is 0.791. The second-order valence-electron chi connectivity index (χ2n) is 5.28. The molecule has 2 aromatic rings. The number of benzene rings is 1. The van der Waals surface area contributed by atoms with Crippen molar-refractivity contribution < 1.29 is 0 Å². The molecule has 1 aliphatic heterocycles. The van der Waals surface area contributed by atoms with Gasteiger partial charge in [0.15, 0.2) is 0 Å². The number of aryl methyl sites for hydroxylation is 1. The second-order valence-corrected chi connectivity index (χ2v) is 5.28. The SMILES string of the molecule is CCCCc1ccc2c(c1)CC(c1ccncc1)N2. The van der Waals surface area contributed by atoms with Crippen LogP contribution in [0.4, 0.5) is 5.69 Å². The zero-order chi connectivity index (χ0) is 13.1. The number of rotatable bonds is 4. The van der Waals surface area contributed by atoms with Gasteiger partial charge in [0.05, 0.1) is 6.04 Å². The van der Waals surface area contributed by atoms with E-state index in [2.05, 4.69) is 47.6 Å². The van der Waals surface area contributed by atoms with Gasteiger partial charge in [-0.15, -0.1) is 0 Å². The molecule has 2 nitrogen and oxygen atoms in total. The van der Waals surface area contributed by atoms with E-state index in [0.717, 1.165) is 6.42 Å². The van der Waals surface area contributed by atoms with Crippen LogP contribution >= 0.6 is 0 Å². The number of hydrogen-bond acceptors (Lipinski definition) is 2. The number of aromatic nitrogens is 1. The van der Waals surface area contributed by atoms with Gasteiger partial charge in [-0.3, -0.25) is 4.98 Å². The predicted octanol–water partition coefficient (Wildman–Crippen LogP) is 4.13. The summed E-state index contributed by atoms with van der Waals surface area (Å²) in [6.45, 7) is 2.24. The first-order chi connectivity index (χ1) is 9.36. The minimum Gasteiger partial charge on any atom is -0.378 e. The van der Waals surface area contributed by atoms with E-state index in [1.54, 1.807) is 0 Å². The summed E-state index contributed by atoms with van der Waals surface area (Å²) in [6.07, 6.45) is 8.55. The normalized spacial score (nSPS) is 17.0. The maximum atomic E-state index is 4.09. The summed E-state index contributed by atoms with van der Waals surface area (Å²) in [5, 5.41) is 3.61. The third-order valence-corrected chi connectivity index (χ3v) is 3.85. The zero-order valence-corrected chi connectivity index (χ0v) is 11.4. The summed E-state index contributed by atoms with van der Waals surface area (Å²) in [4.78, 5) is 4.09. The Labute approximate surface area is 114 Å². The molecule has 0 amide bonds. The molecule has 1 aliphatic rings. The van der Waals surface area contributed by atoms with Crippen LogP contribution in [0.2, 0.25) is 0 Å². The van der Waals surface area contributed by atoms with E-state index in [-0.39, 0.29) is 0 Å². The first-order valence-electron chi connectivity index (χ1n) is 7.15. The summed E-state index contributed by atoms with van der Waals surface area (Å²) in [7, 11) is 0. The van der Waals surface area contributed by atoms with Crippen LogP contribution in [0.5, 0.6) is 0 Å². The van der Waals surface area contributed by atoms with Crippen molar-refractivity contribution in [2.75, 3.05) is 5.32 Å². The van der Waals surface area contributed by atoms with Gasteiger partial charge < -0.3 is 5.32 Å². The Bertz CT molecular complexity index is 548. The van der Waals surface area contributed by atoms with Gasteiger partial charge in [0.2, 0.25) is 0 Å². The highest BCUT2D eigenvalue weighted by molar-refractivity contribution is 5.59. The van der Waals surface area contributed by atoms with E-state index in [1.165, 1.54) is 41.6 Å². The first kappa shape index (κ1) is 12.2. The maximum absolute atomic E-state index is 4.09. The molecule has 1 N–H and O–H groups in total. The van der Waals surface area contributed by atoms with Crippen LogP contribution in [-0.2, 0) is 12.8 Å². The van der Waals surface area contributed by atoms with E-state index in [0.29, 0.717) is 6.04 Å². The summed E-state index contributed by atoms with van der Waals surface area (Å²) < 4.78 is 0. The standard InChI is InChI=1S/C17H20N2/c1-2-3-4-13-5-6-16-15(11-13)12-17(19-16)14-7-9-18-10-8-14/h5-11,17,19H,2-4,12H2,1H3. The van der Waals surface area contributed by atoms with Crippen LogP contribution in [0.25, 0.3) is 0 Å². The van der Waals surface area contributed by atoms with Gasteiger partial charge in [0, 0.05) is 18.1 Å². The van der Waals surface area contributed by atoms with Gasteiger partial charge in [-0.2, -0.15) is 0 Å². The molecular weight excluding hydrogens is 232 g/mol. The highest BCUT2D eigenvalue weighted by Crippen LogP contribution is 2.34. The summed E-state index contributed by atoms with van der Waals surface area (Å²) >= 11 is 0. The van der Waals surface area contributed by atoms with E-state index >= 15 is 0 Å². The third-order valence-electron chi connectivity index (χ3n) is 3.85. The number of anilines is 1. The molecule has 0 fully saturated rings. The van der Waals surface area contributed by atoms with Crippen molar-refractivity contribution in [3.05, 3.63) is 59.4 Å². The molecule has 3 rings (SSSR count). The monoisotopic (exact) mass is 252 g/mol. The van der Waals surface area contributed by atoms with Crippen LogP contribution in [0.1, 0.15) is 42.5 Å². The number of unbranched alkanes of at least 4 members (excludes halogenated alkanes) is 1. The van der Waals surface area contributed by atoms with E-state index in [1.807, 2.05) is 12.4 Å². The maximum Gasteiger partial charge on any atom is 0.0556 e. The Morgan fingerprint density at radius 3 is 2.84 bits per heavy atom. The van der Waals surface area contributed by atoms with Crippen molar-refractivity contribution >= 4 is 5.69 Å². The summed E-state index contributed by atoms with van der Waals surface area (Å²) in [5.41, 5.74) is 5.54. The van der Waals surface area contributed by atoms with Gasteiger partial charge >= 0.3 is 0 Å². The molecule has 0 saturated carbocycles. The molecule has 2 heteroatoms. The zero-order valence-electron chi connectivity index (χ0n) is 11.4. The molecule has 0 radical (unpaired) electrons. The highest BCUT2D eigenvalue weighted by Gasteiger charge is 2.21. The molecule has 0 bridgehead atoms. The molecule has 1 unspecified atom stereocenters. The van der Waals surface area contributed by atoms with Crippen molar-refractivity contribution in [1.29, 1.82) is 0 Å².